The predicted octanol–water partition coefficient (Wildman–Crippen LogP) is 2.02. The van der Waals surface area contributed by atoms with Crippen LogP contribution < -0.4 is 5.32 Å². The van der Waals surface area contributed by atoms with Crippen LogP contribution in [0.15, 0.2) is 24.3 Å². The molecule has 22 heavy (non-hydrogen) atoms. The van der Waals surface area contributed by atoms with E-state index in [0.29, 0.717) is 6.54 Å². The normalized spacial score (nSPS) is 20.5. The van der Waals surface area contributed by atoms with Crippen LogP contribution in [0, 0.1) is 0 Å². The summed E-state index contributed by atoms with van der Waals surface area (Å²) in [5, 5.41) is 3.13. The van der Waals surface area contributed by atoms with Crippen molar-refractivity contribution in [2.75, 3.05) is 31.9 Å². The van der Waals surface area contributed by atoms with Crippen molar-refractivity contribution in [3.8, 4) is 0 Å². The van der Waals surface area contributed by atoms with Gasteiger partial charge in [-0.1, -0.05) is 31.2 Å². The summed E-state index contributed by atoms with van der Waals surface area (Å²) in [5.41, 5.74) is 2.60. The lowest BCUT2D eigenvalue weighted by molar-refractivity contribution is 0.171. The zero-order valence-electron chi connectivity index (χ0n) is 13.9. The SMILES string of the molecule is CCc1ccc(C2CNCCN2CCS(=O)(=O)C(C)C)cc1. The van der Waals surface area contributed by atoms with Crippen molar-refractivity contribution in [1.29, 1.82) is 0 Å². The number of sulfone groups is 1. The maximum atomic E-state index is 12.1. The molecule has 0 radical (unpaired) electrons. The number of rotatable bonds is 6. The summed E-state index contributed by atoms with van der Waals surface area (Å²) in [6.07, 6.45) is 1.04. The van der Waals surface area contributed by atoms with Gasteiger partial charge >= 0.3 is 0 Å². The van der Waals surface area contributed by atoms with Crippen LogP contribution in [0.4, 0.5) is 0 Å². The Morgan fingerprint density at radius 3 is 2.55 bits per heavy atom. The fourth-order valence-electron chi connectivity index (χ4n) is 2.80. The van der Waals surface area contributed by atoms with E-state index in [1.54, 1.807) is 13.8 Å². The molecule has 0 aliphatic carbocycles. The van der Waals surface area contributed by atoms with Crippen LogP contribution in [-0.2, 0) is 16.3 Å². The van der Waals surface area contributed by atoms with Crippen molar-refractivity contribution < 1.29 is 8.42 Å². The molecule has 0 aromatic heterocycles. The highest BCUT2D eigenvalue weighted by atomic mass is 32.2. The molecule has 1 aromatic rings. The first-order valence-corrected chi connectivity index (χ1v) is 9.90. The molecule has 1 aliphatic rings. The lowest BCUT2D eigenvalue weighted by Crippen LogP contribution is -2.47. The molecule has 1 N–H and O–H groups in total. The van der Waals surface area contributed by atoms with Crippen molar-refractivity contribution in [2.45, 2.75) is 38.5 Å². The average molecular weight is 324 g/mol. The largest absolute Gasteiger partial charge is 0.314 e. The third-order valence-corrected chi connectivity index (χ3v) is 6.70. The maximum absolute atomic E-state index is 12.1. The fourth-order valence-corrected chi connectivity index (χ4v) is 3.76. The minimum Gasteiger partial charge on any atom is -0.314 e. The van der Waals surface area contributed by atoms with Crippen LogP contribution in [0.25, 0.3) is 0 Å². The Hall–Kier alpha value is -0.910. The van der Waals surface area contributed by atoms with Crippen LogP contribution in [0.3, 0.4) is 0 Å². The summed E-state index contributed by atoms with van der Waals surface area (Å²) in [5.74, 6) is 0.244. The average Bonchev–Trinajstić information content (AvgIpc) is 2.53. The van der Waals surface area contributed by atoms with Crippen LogP contribution in [0.1, 0.15) is 37.9 Å². The molecular weight excluding hydrogens is 296 g/mol. The van der Waals surface area contributed by atoms with E-state index in [1.165, 1.54) is 11.1 Å². The minimum atomic E-state index is -2.98. The van der Waals surface area contributed by atoms with Gasteiger partial charge in [0.05, 0.1) is 11.0 Å². The first-order chi connectivity index (χ1) is 10.4. The van der Waals surface area contributed by atoms with Gasteiger partial charge in [0.25, 0.3) is 0 Å². The van der Waals surface area contributed by atoms with Crippen molar-refractivity contribution in [3.05, 3.63) is 35.4 Å². The molecule has 4 nitrogen and oxygen atoms in total. The van der Waals surface area contributed by atoms with E-state index in [-0.39, 0.29) is 17.0 Å². The van der Waals surface area contributed by atoms with Gasteiger partial charge in [0.1, 0.15) is 0 Å². The van der Waals surface area contributed by atoms with Crippen LogP contribution in [-0.4, -0.2) is 50.5 Å². The van der Waals surface area contributed by atoms with Crippen LogP contribution in [0.2, 0.25) is 0 Å². The first-order valence-electron chi connectivity index (χ1n) is 8.19. The number of hydrogen-bond donors (Lipinski definition) is 1. The summed E-state index contributed by atoms with van der Waals surface area (Å²) >= 11 is 0. The highest BCUT2D eigenvalue weighted by molar-refractivity contribution is 7.92. The zero-order chi connectivity index (χ0) is 16.2. The third-order valence-electron chi connectivity index (χ3n) is 4.51. The number of aryl methyl sites for hydroxylation is 1. The van der Waals surface area contributed by atoms with E-state index in [2.05, 4.69) is 41.4 Å². The molecule has 0 amide bonds. The number of hydrogen-bond acceptors (Lipinski definition) is 4. The van der Waals surface area contributed by atoms with E-state index in [0.717, 1.165) is 26.1 Å². The molecule has 1 fully saturated rings. The molecule has 2 rings (SSSR count). The van der Waals surface area contributed by atoms with Crippen LogP contribution >= 0.6 is 0 Å². The Kier molecular flexibility index (Phi) is 6.01. The first kappa shape index (κ1) is 17.4. The van der Waals surface area contributed by atoms with Gasteiger partial charge in [0.15, 0.2) is 9.84 Å². The van der Waals surface area contributed by atoms with Gasteiger partial charge < -0.3 is 5.32 Å². The summed E-state index contributed by atoms with van der Waals surface area (Å²) in [7, 11) is -2.98. The Morgan fingerprint density at radius 2 is 1.95 bits per heavy atom. The molecule has 5 heteroatoms. The monoisotopic (exact) mass is 324 g/mol. The number of nitrogens with one attached hydrogen (secondary N) is 1. The zero-order valence-corrected chi connectivity index (χ0v) is 14.7. The van der Waals surface area contributed by atoms with Gasteiger partial charge in [-0.2, -0.15) is 0 Å². The molecule has 1 heterocycles. The van der Waals surface area contributed by atoms with Crippen molar-refractivity contribution in [3.63, 3.8) is 0 Å². The second-order valence-corrected chi connectivity index (χ2v) is 8.94. The minimum absolute atomic E-state index is 0.244. The summed E-state index contributed by atoms with van der Waals surface area (Å²) in [6.45, 7) is 8.98. The van der Waals surface area contributed by atoms with E-state index in [1.807, 2.05) is 0 Å². The Balaban J connectivity index is 2.07. The molecule has 1 unspecified atom stereocenters. The molecule has 0 saturated carbocycles. The second kappa shape index (κ2) is 7.57. The lowest BCUT2D eigenvalue weighted by Gasteiger charge is -2.36. The van der Waals surface area contributed by atoms with Gasteiger partial charge in [0.2, 0.25) is 0 Å². The molecule has 1 saturated heterocycles. The molecule has 0 bridgehead atoms. The van der Waals surface area contributed by atoms with E-state index in [4.69, 9.17) is 0 Å². The molecule has 1 aliphatic heterocycles. The van der Waals surface area contributed by atoms with Gasteiger partial charge in [-0.15, -0.1) is 0 Å². The lowest BCUT2D eigenvalue weighted by atomic mass is 10.0. The van der Waals surface area contributed by atoms with Gasteiger partial charge in [-0.25, -0.2) is 8.42 Å². The van der Waals surface area contributed by atoms with E-state index in [9.17, 15) is 8.42 Å². The predicted molar refractivity (Wildman–Crippen MR) is 91.9 cm³/mol. The second-order valence-electron chi connectivity index (χ2n) is 6.27. The summed E-state index contributed by atoms with van der Waals surface area (Å²) in [4.78, 5) is 2.30. The van der Waals surface area contributed by atoms with Gasteiger partial charge in [0, 0.05) is 32.2 Å². The Morgan fingerprint density at radius 1 is 1.27 bits per heavy atom. The molecule has 0 spiro atoms. The maximum Gasteiger partial charge on any atom is 0.153 e. The molecule has 1 aromatic carbocycles. The van der Waals surface area contributed by atoms with Crippen molar-refractivity contribution >= 4 is 9.84 Å². The number of nitrogens with zero attached hydrogens (tertiary/aromatic N) is 1. The quantitative estimate of drug-likeness (QED) is 0.870. The summed E-state index contributed by atoms with van der Waals surface area (Å²) < 4.78 is 24.1. The fraction of sp³-hybridized carbons (Fsp3) is 0.647. The van der Waals surface area contributed by atoms with Crippen molar-refractivity contribution in [2.24, 2.45) is 0 Å². The van der Waals surface area contributed by atoms with Gasteiger partial charge in [-0.3, -0.25) is 4.90 Å². The molecular formula is C17H28N2O2S. The highest BCUT2D eigenvalue weighted by Crippen LogP contribution is 2.23. The smallest absolute Gasteiger partial charge is 0.153 e. The number of benzene rings is 1. The third kappa shape index (κ3) is 4.31. The van der Waals surface area contributed by atoms with Crippen molar-refractivity contribution in [1.82, 2.24) is 10.2 Å². The van der Waals surface area contributed by atoms with E-state index < -0.39 is 9.84 Å². The standard InChI is InChI=1S/C17H28N2O2S/c1-4-15-5-7-16(8-6-15)17-13-18-9-10-19(17)11-12-22(20,21)14(2)3/h5-8,14,17-18H,4,9-13H2,1-3H3. The van der Waals surface area contributed by atoms with Gasteiger partial charge in [-0.05, 0) is 31.4 Å². The molecule has 124 valence electrons. The Labute approximate surface area is 134 Å². The topological polar surface area (TPSA) is 49.4 Å². The van der Waals surface area contributed by atoms with E-state index >= 15 is 0 Å². The number of piperazine rings is 1. The Bertz CT molecular complexity index is 567. The highest BCUT2D eigenvalue weighted by Gasteiger charge is 2.26. The van der Waals surface area contributed by atoms with Crippen LogP contribution in [0.5, 0.6) is 0 Å². The molecule has 1 atom stereocenters. The summed E-state index contributed by atoms with van der Waals surface area (Å²) in [6, 6.07) is 8.97.